The van der Waals surface area contributed by atoms with Gasteiger partial charge in [0.25, 0.3) is 0 Å². The van der Waals surface area contributed by atoms with E-state index in [0.29, 0.717) is 12.3 Å². The van der Waals surface area contributed by atoms with Crippen molar-refractivity contribution >= 4 is 0 Å². The molecule has 0 fully saturated rings. The molecular formula is C15H21N. The molecule has 1 unspecified atom stereocenters. The summed E-state index contributed by atoms with van der Waals surface area (Å²) in [5.74, 6) is 0.541. The topological polar surface area (TPSA) is 23.8 Å². The Balaban J connectivity index is 2.42. The first-order valence-electron chi connectivity index (χ1n) is 6.27. The normalized spacial score (nSPS) is 12.0. The summed E-state index contributed by atoms with van der Waals surface area (Å²) in [6.07, 6.45) is 6.74. The predicted molar refractivity (Wildman–Crippen MR) is 68.0 cm³/mol. The Morgan fingerprint density at radius 1 is 1.19 bits per heavy atom. The van der Waals surface area contributed by atoms with Crippen LogP contribution in [0.15, 0.2) is 30.3 Å². The van der Waals surface area contributed by atoms with Gasteiger partial charge in [-0.2, -0.15) is 5.26 Å². The fraction of sp³-hybridized carbons (Fsp3) is 0.533. The zero-order valence-corrected chi connectivity index (χ0v) is 10.2. The fourth-order valence-electron chi connectivity index (χ4n) is 2.04. The minimum absolute atomic E-state index is 0.541. The first-order valence-corrected chi connectivity index (χ1v) is 6.27. The largest absolute Gasteiger partial charge is 0.198 e. The van der Waals surface area contributed by atoms with Crippen LogP contribution in [0.25, 0.3) is 0 Å². The van der Waals surface area contributed by atoms with Gasteiger partial charge in [-0.15, -0.1) is 0 Å². The molecule has 0 aliphatic rings. The van der Waals surface area contributed by atoms with Crippen LogP contribution >= 0.6 is 0 Å². The maximum Gasteiger partial charge on any atom is 0.0624 e. The van der Waals surface area contributed by atoms with E-state index in [9.17, 15) is 0 Å². The molecule has 0 spiro atoms. The molecule has 0 saturated carbocycles. The highest BCUT2D eigenvalue weighted by Gasteiger charge is 2.08. The van der Waals surface area contributed by atoms with Crippen molar-refractivity contribution in [3.05, 3.63) is 35.9 Å². The highest BCUT2D eigenvalue weighted by molar-refractivity contribution is 5.15. The van der Waals surface area contributed by atoms with Crippen molar-refractivity contribution < 1.29 is 0 Å². The maximum absolute atomic E-state index is 8.82. The molecule has 0 amide bonds. The van der Waals surface area contributed by atoms with E-state index in [4.69, 9.17) is 5.26 Å². The van der Waals surface area contributed by atoms with Gasteiger partial charge in [-0.05, 0) is 24.3 Å². The van der Waals surface area contributed by atoms with Crippen molar-refractivity contribution in [3.8, 4) is 6.07 Å². The lowest BCUT2D eigenvalue weighted by Gasteiger charge is -2.13. The number of unbranched alkanes of at least 4 members (excludes halogenated alkanes) is 2. The molecule has 86 valence electrons. The molecule has 0 bridgehead atoms. The van der Waals surface area contributed by atoms with Gasteiger partial charge >= 0.3 is 0 Å². The van der Waals surface area contributed by atoms with Crippen LogP contribution in [0.2, 0.25) is 0 Å². The summed E-state index contributed by atoms with van der Waals surface area (Å²) in [6, 6.07) is 12.8. The van der Waals surface area contributed by atoms with Gasteiger partial charge in [0.1, 0.15) is 0 Å². The van der Waals surface area contributed by atoms with Gasteiger partial charge in [-0.1, -0.05) is 56.5 Å². The molecule has 0 radical (unpaired) electrons. The van der Waals surface area contributed by atoms with Crippen molar-refractivity contribution in [3.63, 3.8) is 0 Å². The van der Waals surface area contributed by atoms with Crippen LogP contribution in [0.3, 0.4) is 0 Å². The van der Waals surface area contributed by atoms with Crippen LogP contribution in [0.4, 0.5) is 0 Å². The number of nitrogens with zero attached hydrogens (tertiary/aromatic N) is 1. The average Bonchev–Trinajstić information content (AvgIpc) is 2.31. The van der Waals surface area contributed by atoms with Crippen LogP contribution in [0.5, 0.6) is 0 Å². The molecule has 1 heteroatoms. The Labute approximate surface area is 99.1 Å². The first-order chi connectivity index (χ1) is 7.86. The van der Waals surface area contributed by atoms with Gasteiger partial charge in [-0.3, -0.25) is 0 Å². The van der Waals surface area contributed by atoms with Gasteiger partial charge < -0.3 is 0 Å². The van der Waals surface area contributed by atoms with Crippen LogP contribution in [0.1, 0.15) is 44.6 Å². The Kier molecular flexibility index (Phi) is 6.33. The molecule has 0 heterocycles. The SMILES string of the molecule is CCCCCC(CC#N)Cc1ccccc1. The number of hydrogen-bond donors (Lipinski definition) is 0. The van der Waals surface area contributed by atoms with Crippen LogP contribution < -0.4 is 0 Å². The third kappa shape index (κ3) is 4.98. The second-order valence-electron chi connectivity index (χ2n) is 4.41. The molecular weight excluding hydrogens is 194 g/mol. The van der Waals surface area contributed by atoms with Crippen LogP contribution in [0, 0.1) is 17.2 Å². The minimum Gasteiger partial charge on any atom is -0.198 e. The lowest BCUT2D eigenvalue weighted by molar-refractivity contribution is 0.463. The predicted octanol–water partition coefficient (Wildman–Crippen LogP) is 4.34. The Morgan fingerprint density at radius 2 is 1.94 bits per heavy atom. The van der Waals surface area contributed by atoms with Gasteiger partial charge in [0.2, 0.25) is 0 Å². The summed E-state index contributed by atoms with van der Waals surface area (Å²) < 4.78 is 0. The zero-order chi connectivity index (χ0) is 11.6. The standard InChI is InChI=1S/C15H21N/c1-2-3-5-8-15(11-12-16)13-14-9-6-4-7-10-14/h4,6-7,9-10,15H,2-3,5,8,11,13H2,1H3. The molecule has 0 saturated heterocycles. The summed E-state index contributed by atoms with van der Waals surface area (Å²) in [7, 11) is 0. The highest BCUT2D eigenvalue weighted by Crippen LogP contribution is 2.18. The smallest absolute Gasteiger partial charge is 0.0624 e. The van der Waals surface area contributed by atoms with E-state index in [1.807, 2.05) is 6.07 Å². The van der Waals surface area contributed by atoms with Gasteiger partial charge in [0.15, 0.2) is 0 Å². The van der Waals surface area contributed by atoms with Crippen LogP contribution in [-0.4, -0.2) is 0 Å². The third-order valence-corrected chi connectivity index (χ3v) is 2.96. The number of nitriles is 1. The number of rotatable bonds is 7. The number of benzene rings is 1. The summed E-state index contributed by atoms with van der Waals surface area (Å²) in [5.41, 5.74) is 1.36. The Morgan fingerprint density at radius 3 is 2.56 bits per heavy atom. The van der Waals surface area contributed by atoms with Gasteiger partial charge in [0, 0.05) is 6.42 Å². The third-order valence-electron chi connectivity index (χ3n) is 2.96. The van der Waals surface area contributed by atoms with Gasteiger partial charge in [0.05, 0.1) is 6.07 Å². The molecule has 0 N–H and O–H groups in total. The van der Waals surface area contributed by atoms with E-state index in [1.54, 1.807) is 0 Å². The highest BCUT2D eigenvalue weighted by atomic mass is 14.2. The van der Waals surface area contributed by atoms with E-state index in [1.165, 1.54) is 31.2 Å². The second kappa shape index (κ2) is 7.93. The lowest BCUT2D eigenvalue weighted by atomic mass is 9.91. The van der Waals surface area contributed by atoms with E-state index in [2.05, 4.69) is 37.3 Å². The minimum atomic E-state index is 0.541. The average molecular weight is 215 g/mol. The summed E-state index contributed by atoms with van der Waals surface area (Å²) in [6.45, 7) is 2.22. The van der Waals surface area contributed by atoms with Crippen molar-refractivity contribution in [1.82, 2.24) is 0 Å². The molecule has 1 nitrogen and oxygen atoms in total. The molecule has 1 atom stereocenters. The molecule has 1 rings (SSSR count). The molecule has 16 heavy (non-hydrogen) atoms. The quantitative estimate of drug-likeness (QED) is 0.621. The monoisotopic (exact) mass is 215 g/mol. The van der Waals surface area contributed by atoms with Crippen molar-refractivity contribution in [2.45, 2.75) is 45.4 Å². The van der Waals surface area contributed by atoms with Crippen molar-refractivity contribution in [2.75, 3.05) is 0 Å². The van der Waals surface area contributed by atoms with Gasteiger partial charge in [-0.25, -0.2) is 0 Å². The Bertz CT molecular complexity index is 310. The summed E-state index contributed by atoms with van der Waals surface area (Å²) in [5, 5.41) is 8.82. The first kappa shape index (κ1) is 12.8. The fourth-order valence-corrected chi connectivity index (χ4v) is 2.04. The van der Waals surface area contributed by atoms with Crippen molar-refractivity contribution in [1.29, 1.82) is 5.26 Å². The summed E-state index contributed by atoms with van der Waals surface area (Å²) >= 11 is 0. The Hall–Kier alpha value is -1.29. The molecule has 0 aliphatic carbocycles. The lowest BCUT2D eigenvalue weighted by Crippen LogP contribution is -2.04. The molecule has 1 aromatic rings. The van der Waals surface area contributed by atoms with E-state index >= 15 is 0 Å². The van der Waals surface area contributed by atoms with Crippen LogP contribution in [-0.2, 0) is 6.42 Å². The van der Waals surface area contributed by atoms with E-state index in [-0.39, 0.29) is 0 Å². The molecule has 0 aromatic heterocycles. The van der Waals surface area contributed by atoms with E-state index in [0.717, 1.165) is 6.42 Å². The second-order valence-corrected chi connectivity index (χ2v) is 4.41. The van der Waals surface area contributed by atoms with Crippen molar-refractivity contribution in [2.24, 2.45) is 5.92 Å². The number of hydrogen-bond acceptors (Lipinski definition) is 1. The maximum atomic E-state index is 8.82. The summed E-state index contributed by atoms with van der Waals surface area (Å²) in [4.78, 5) is 0. The van der Waals surface area contributed by atoms with E-state index < -0.39 is 0 Å². The molecule has 0 aliphatic heterocycles. The zero-order valence-electron chi connectivity index (χ0n) is 10.2. The molecule has 1 aromatic carbocycles.